The molecule has 128 valence electrons. The number of nitrogens with one attached hydrogen (secondary N) is 1. The van der Waals surface area contributed by atoms with E-state index >= 15 is 0 Å². The Morgan fingerprint density at radius 3 is 2.72 bits per heavy atom. The van der Waals surface area contributed by atoms with Gasteiger partial charge in [0.05, 0.1) is 0 Å². The molecule has 1 amide bonds. The molecule has 0 fully saturated rings. The quantitative estimate of drug-likeness (QED) is 0.623. The average Bonchev–Trinajstić information content (AvgIpc) is 2.63. The van der Waals surface area contributed by atoms with Crippen LogP contribution < -0.4 is 5.32 Å². The lowest BCUT2D eigenvalue weighted by Gasteiger charge is -2.17. The topological polar surface area (TPSA) is 79.2 Å². The number of rotatable bonds is 7. The molecule has 25 heavy (non-hydrogen) atoms. The minimum absolute atomic E-state index is 0.191. The summed E-state index contributed by atoms with van der Waals surface area (Å²) in [6.45, 7) is 1.48. The molecule has 2 rings (SSSR count). The molecule has 0 saturated carbocycles. The van der Waals surface area contributed by atoms with E-state index in [2.05, 4.69) is 5.32 Å². The largest absolute Gasteiger partial charge is 0.449 e. The second kappa shape index (κ2) is 9.24. The highest BCUT2D eigenvalue weighted by Crippen LogP contribution is 2.17. The van der Waals surface area contributed by atoms with Gasteiger partial charge in [-0.3, -0.25) is 4.79 Å². The van der Waals surface area contributed by atoms with Crippen LogP contribution in [0.4, 0.5) is 0 Å². The molecule has 0 aliphatic heterocycles. The van der Waals surface area contributed by atoms with E-state index in [0.717, 1.165) is 16.3 Å². The van der Waals surface area contributed by atoms with Crippen LogP contribution in [-0.4, -0.2) is 24.5 Å². The van der Waals surface area contributed by atoms with E-state index in [9.17, 15) is 9.59 Å². The molecule has 0 aliphatic carbocycles. The van der Waals surface area contributed by atoms with E-state index in [0.29, 0.717) is 6.42 Å². The summed E-state index contributed by atoms with van der Waals surface area (Å²) in [5.74, 6) is -0.874. The fourth-order valence-electron chi connectivity index (χ4n) is 2.48. The van der Waals surface area contributed by atoms with E-state index in [1.165, 1.54) is 0 Å². The summed E-state index contributed by atoms with van der Waals surface area (Å²) in [4.78, 5) is 24.1. The summed E-state index contributed by atoms with van der Waals surface area (Å²) >= 11 is 0. The number of amides is 1. The Labute approximate surface area is 146 Å². The van der Waals surface area contributed by atoms with Crippen LogP contribution in [0.15, 0.2) is 54.6 Å². The zero-order chi connectivity index (χ0) is 18.1. The van der Waals surface area contributed by atoms with Crippen LogP contribution in [0.1, 0.15) is 18.9 Å². The van der Waals surface area contributed by atoms with Crippen molar-refractivity contribution in [2.45, 2.75) is 25.8 Å². The van der Waals surface area contributed by atoms with Crippen LogP contribution in [0.5, 0.6) is 0 Å². The molecule has 0 aromatic heterocycles. The Morgan fingerprint density at radius 2 is 2.00 bits per heavy atom. The number of nitrogens with zero attached hydrogens (tertiary/aromatic N) is 1. The average molecular weight is 336 g/mol. The Balaban J connectivity index is 2.16. The smallest absolute Gasteiger partial charge is 0.330 e. The van der Waals surface area contributed by atoms with Gasteiger partial charge in [0.15, 0.2) is 6.61 Å². The molecule has 0 unspecified atom stereocenters. The van der Waals surface area contributed by atoms with Gasteiger partial charge in [0.2, 0.25) is 5.91 Å². The molecule has 0 heterocycles. The summed E-state index contributed by atoms with van der Waals surface area (Å²) in [5, 5.41) is 13.4. The van der Waals surface area contributed by atoms with Gasteiger partial charge in [-0.15, -0.1) is 0 Å². The third-order valence-corrected chi connectivity index (χ3v) is 3.69. The van der Waals surface area contributed by atoms with Gasteiger partial charge in [-0.2, -0.15) is 5.26 Å². The summed E-state index contributed by atoms with van der Waals surface area (Å²) < 4.78 is 4.89. The maximum absolute atomic E-state index is 12.2. The number of nitriles is 1. The van der Waals surface area contributed by atoms with Crippen molar-refractivity contribution in [3.63, 3.8) is 0 Å². The fourth-order valence-corrected chi connectivity index (χ4v) is 2.48. The van der Waals surface area contributed by atoms with Gasteiger partial charge in [0, 0.05) is 12.8 Å². The molecule has 5 heteroatoms. The van der Waals surface area contributed by atoms with Crippen LogP contribution in [0, 0.1) is 11.3 Å². The van der Waals surface area contributed by atoms with Crippen molar-refractivity contribution in [2.75, 3.05) is 6.61 Å². The van der Waals surface area contributed by atoms with E-state index < -0.39 is 12.0 Å². The molecule has 0 aliphatic rings. The Kier molecular flexibility index (Phi) is 6.73. The van der Waals surface area contributed by atoms with Gasteiger partial charge < -0.3 is 10.1 Å². The van der Waals surface area contributed by atoms with Gasteiger partial charge in [-0.1, -0.05) is 54.6 Å². The van der Waals surface area contributed by atoms with Crippen molar-refractivity contribution in [1.82, 2.24) is 5.32 Å². The first-order chi connectivity index (χ1) is 12.1. The zero-order valence-corrected chi connectivity index (χ0v) is 14.1. The van der Waals surface area contributed by atoms with E-state index in [-0.39, 0.29) is 18.9 Å². The molecule has 0 saturated heterocycles. The van der Waals surface area contributed by atoms with Crippen LogP contribution in [-0.2, 0) is 20.7 Å². The summed E-state index contributed by atoms with van der Waals surface area (Å²) in [5.41, 5.74) is 0.906. The van der Waals surface area contributed by atoms with Gasteiger partial charge in [0.1, 0.15) is 12.1 Å². The van der Waals surface area contributed by atoms with E-state index in [1.807, 2.05) is 49.4 Å². The first-order valence-corrected chi connectivity index (χ1v) is 8.06. The molecule has 1 atom stereocenters. The molecular formula is C20H20N2O3. The van der Waals surface area contributed by atoms with E-state index in [4.69, 9.17) is 10.00 Å². The molecule has 1 N–H and O–H groups in total. The first kappa shape index (κ1) is 18.2. The normalized spacial score (nSPS) is 11.8. The standard InChI is InChI=1S/C20H20N2O3/c1-2-3-8-19(23)22-18(20(24)25-12-11-21)14-15-9-10-16-6-4-5-7-17(16)13-15/h2-7,9-10,13,18H,8,12,14H2,1H3,(H,22,23)/b3-2+/t18-/m0/s1. The number of carbonyl (C=O) groups excluding carboxylic acids is 2. The lowest BCUT2D eigenvalue weighted by atomic mass is 10.0. The van der Waals surface area contributed by atoms with E-state index in [1.54, 1.807) is 18.2 Å². The predicted octanol–water partition coefficient (Wildman–Crippen LogP) is 2.90. The van der Waals surface area contributed by atoms with Gasteiger partial charge in [-0.05, 0) is 23.3 Å². The predicted molar refractivity (Wildman–Crippen MR) is 95.6 cm³/mol. The van der Waals surface area contributed by atoms with Crippen molar-refractivity contribution >= 4 is 22.6 Å². The number of esters is 1. The van der Waals surface area contributed by atoms with Gasteiger partial charge >= 0.3 is 5.97 Å². The maximum atomic E-state index is 12.2. The fraction of sp³-hybridized carbons (Fsp3) is 0.250. The summed E-state index contributed by atoms with van der Waals surface area (Å²) in [6.07, 6.45) is 3.97. The monoisotopic (exact) mass is 336 g/mol. The highest BCUT2D eigenvalue weighted by molar-refractivity contribution is 5.86. The lowest BCUT2D eigenvalue weighted by Crippen LogP contribution is -2.43. The number of hydrogen-bond acceptors (Lipinski definition) is 4. The Hall–Kier alpha value is -3.13. The van der Waals surface area contributed by atoms with Gasteiger partial charge in [0.25, 0.3) is 0 Å². The molecule has 0 radical (unpaired) electrons. The summed E-state index contributed by atoms with van der Waals surface area (Å²) in [7, 11) is 0. The molecule has 0 spiro atoms. The van der Waals surface area contributed by atoms with Crippen LogP contribution in [0.2, 0.25) is 0 Å². The molecule has 2 aromatic rings. The van der Waals surface area contributed by atoms with Crippen molar-refractivity contribution in [3.8, 4) is 6.07 Å². The van der Waals surface area contributed by atoms with Crippen molar-refractivity contribution < 1.29 is 14.3 Å². The van der Waals surface area contributed by atoms with Crippen LogP contribution in [0.25, 0.3) is 10.8 Å². The Bertz CT molecular complexity index is 821. The minimum Gasteiger partial charge on any atom is -0.449 e. The lowest BCUT2D eigenvalue weighted by molar-refractivity contribution is -0.146. The second-order valence-electron chi connectivity index (χ2n) is 5.54. The highest BCUT2D eigenvalue weighted by Gasteiger charge is 2.22. The van der Waals surface area contributed by atoms with Crippen molar-refractivity contribution in [2.24, 2.45) is 0 Å². The van der Waals surface area contributed by atoms with Gasteiger partial charge in [-0.25, -0.2) is 4.79 Å². The third-order valence-electron chi connectivity index (χ3n) is 3.69. The van der Waals surface area contributed by atoms with Crippen LogP contribution in [0.3, 0.4) is 0 Å². The number of benzene rings is 2. The number of hydrogen-bond donors (Lipinski definition) is 1. The number of allylic oxidation sites excluding steroid dienone is 1. The van der Waals surface area contributed by atoms with Crippen molar-refractivity contribution in [1.29, 1.82) is 5.26 Å². The first-order valence-electron chi connectivity index (χ1n) is 8.06. The second-order valence-corrected chi connectivity index (χ2v) is 5.54. The Morgan fingerprint density at radius 1 is 1.24 bits per heavy atom. The number of ether oxygens (including phenoxy) is 1. The third kappa shape index (κ3) is 5.47. The molecule has 5 nitrogen and oxygen atoms in total. The maximum Gasteiger partial charge on any atom is 0.330 e. The molecular weight excluding hydrogens is 316 g/mol. The minimum atomic E-state index is -0.827. The number of fused-ring (bicyclic) bond motifs is 1. The highest BCUT2D eigenvalue weighted by atomic mass is 16.5. The number of carbonyl (C=O) groups is 2. The zero-order valence-electron chi connectivity index (χ0n) is 14.1. The molecule has 2 aromatic carbocycles. The summed E-state index contributed by atoms with van der Waals surface area (Å²) in [6, 6.07) is 14.7. The molecule has 0 bridgehead atoms. The van der Waals surface area contributed by atoms with Crippen LogP contribution >= 0.6 is 0 Å². The van der Waals surface area contributed by atoms with Crippen molar-refractivity contribution in [3.05, 3.63) is 60.2 Å². The SMILES string of the molecule is C/C=C/CC(=O)N[C@@H](Cc1ccc2ccccc2c1)C(=O)OCC#N.